The van der Waals surface area contributed by atoms with E-state index in [1.165, 1.54) is 12.8 Å². The molecular weight excluding hydrogens is 284 g/mol. The summed E-state index contributed by atoms with van der Waals surface area (Å²) >= 11 is 0. The third-order valence-electron chi connectivity index (χ3n) is 4.23. The van der Waals surface area contributed by atoms with Gasteiger partial charge in [-0.3, -0.25) is 0 Å². The molecule has 5 heteroatoms. The molecule has 0 saturated heterocycles. The minimum absolute atomic E-state index is 0.374. The Morgan fingerprint density at radius 2 is 1.95 bits per heavy atom. The Hall–Kier alpha value is -0.910. The normalized spacial score (nSPS) is 16.5. The number of rotatable bonds is 7. The second kappa shape index (κ2) is 7.38. The van der Waals surface area contributed by atoms with Crippen molar-refractivity contribution in [2.24, 2.45) is 5.92 Å². The van der Waals surface area contributed by atoms with E-state index in [1.807, 2.05) is 19.9 Å². The van der Waals surface area contributed by atoms with E-state index in [0.717, 1.165) is 30.5 Å². The summed E-state index contributed by atoms with van der Waals surface area (Å²) in [4.78, 5) is 0.374. The van der Waals surface area contributed by atoms with E-state index in [0.29, 0.717) is 23.9 Å². The second-order valence-corrected chi connectivity index (χ2v) is 7.64. The zero-order chi connectivity index (χ0) is 15.3. The van der Waals surface area contributed by atoms with Crippen LogP contribution in [0.5, 0.6) is 0 Å². The van der Waals surface area contributed by atoms with Gasteiger partial charge in [0, 0.05) is 13.1 Å². The molecule has 1 saturated carbocycles. The third kappa shape index (κ3) is 4.53. The average molecular weight is 310 g/mol. The lowest BCUT2D eigenvalue weighted by molar-refractivity contribution is 0.519. The highest BCUT2D eigenvalue weighted by Gasteiger charge is 2.20. The number of benzene rings is 1. The maximum Gasteiger partial charge on any atom is 0.240 e. The van der Waals surface area contributed by atoms with Crippen molar-refractivity contribution in [3.05, 3.63) is 29.3 Å². The van der Waals surface area contributed by atoms with Crippen molar-refractivity contribution in [1.82, 2.24) is 10.0 Å². The molecule has 0 aliphatic heterocycles. The van der Waals surface area contributed by atoms with E-state index in [9.17, 15) is 8.42 Å². The number of aryl methyl sites for hydroxylation is 1. The fourth-order valence-electron chi connectivity index (χ4n) is 2.79. The van der Waals surface area contributed by atoms with Gasteiger partial charge >= 0.3 is 0 Å². The lowest BCUT2D eigenvalue weighted by Crippen LogP contribution is -2.28. The Kier molecular flexibility index (Phi) is 5.79. The minimum Gasteiger partial charge on any atom is -0.313 e. The molecule has 0 unspecified atom stereocenters. The Balaban J connectivity index is 2.07. The Bertz CT molecular complexity index is 564. The largest absolute Gasteiger partial charge is 0.313 e. The van der Waals surface area contributed by atoms with Gasteiger partial charge in [0.2, 0.25) is 10.0 Å². The van der Waals surface area contributed by atoms with Crippen LogP contribution in [-0.4, -0.2) is 21.5 Å². The molecule has 4 nitrogen and oxygen atoms in total. The van der Waals surface area contributed by atoms with Gasteiger partial charge in [-0.2, -0.15) is 0 Å². The molecule has 1 fully saturated rings. The highest BCUT2D eigenvalue weighted by Crippen LogP contribution is 2.24. The summed E-state index contributed by atoms with van der Waals surface area (Å²) in [6, 6.07) is 5.37. The average Bonchev–Trinajstić information content (AvgIpc) is 2.97. The molecule has 2 N–H and O–H groups in total. The summed E-state index contributed by atoms with van der Waals surface area (Å²) in [5, 5.41) is 3.25. The van der Waals surface area contributed by atoms with Gasteiger partial charge < -0.3 is 5.32 Å². The zero-order valence-electron chi connectivity index (χ0n) is 13.0. The zero-order valence-corrected chi connectivity index (χ0v) is 13.8. The molecule has 0 amide bonds. The molecule has 1 aromatic carbocycles. The van der Waals surface area contributed by atoms with Crippen molar-refractivity contribution in [2.75, 3.05) is 13.1 Å². The molecule has 118 valence electrons. The highest BCUT2D eigenvalue weighted by atomic mass is 32.2. The molecule has 2 rings (SSSR count). The first-order valence-electron chi connectivity index (χ1n) is 7.83. The smallest absolute Gasteiger partial charge is 0.240 e. The number of hydrogen-bond donors (Lipinski definition) is 2. The first-order valence-corrected chi connectivity index (χ1v) is 9.31. The molecule has 0 bridgehead atoms. The molecule has 21 heavy (non-hydrogen) atoms. The van der Waals surface area contributed by atoms with Gasteiger partial charge in [-0.25, -0.2) is 13.1 Å². The van der Waals surface area contributed by atoms with Crippen LogP contribution in [0.2, 0.25) is 0 Å². The lowest BCUT2D eigenvalue weighted by Gasteiger charge is -2.13. The van der Waals surface area contributed by atoms with Crippen LogP contribution in [-0.2, 0) is 16.6 Å². The van der Waals surface area contributed by atoms with Gasteiger partial charge in [0.05, 0.1) is 4.90 Å². The van der Waals surface area contributed by atoms with Crippen LogP contribution in [0.1, 0.15) is 43.7 Å². The molecule has 0 heterocycles. The van der Waals surface area contributed by atoms with Gasteiger partial charge in [0.1, 0.15) is 0 Å². The van der Waals surface area contributed by atoms with Crippen LogP contribution in [0.15, 0.2) is 23.1 Å². The SMILES string of the molecule is CCNCc1cc(S(=O)(=O)NCC2CCCC2)ccc1C. The fourth-order valence-corrected chi connectivity index (χ4v) is 3.96. The summed E-state index contributed by atoms with van der Waals surface area (Å²) in [6.45, 7) is 6.19. The summed E-state index contributed by atoms with van der Waals surface area (Å²) in [6.07, 6.45) is 4.73. The van der Waals surface area contributed by atoms with Crippen molar-refractivity contribution in [2.45, 2.75) is 51.0 Å². The van der Waals surface area contributed by atoms with Gasteiger partial charge in [-0.05, 0) is 55.5 Å². The molecule has 1 aromatic rings. The van der Waals surface area contributed by atoms with Crippen molar-refractivity contribution in [3.63, 3.8) is 0 Å². The molecule has 0 atom stereocenters. The van der Waals surface area contributed by atoms with E-state index in [-0.39, 0.29) is 0 Å². The van der Waals surface area contributed by atoms with E-state index in [1.54, 1.807) is 12.1 Å². The molecule has 0 radical (unpaired) electrons. The van der Waals surface area contributed by atoms with Gasteiger partial charge in [-0.15, -0.1) is 0 Å². The number of sulfonamides is 1. The summed E-state index contributed by atoms with van der Waals surface area (Å²) < 4.78 is 27.6. The van der Waals surface area contributed by atoms with Gasteiger partial charge in [0.15, 0.2) is 0 Å². The van der Waals surface area contributed by atoms with Crippen LogP contribution in [0.4, 0.5) is 0 Å². The van der Waals surface area contributed by atoms with Crippen LogP contribution in [0, 0.1) is 12.8 Å². The summed E-state index contributed by atoms with van der Waals surface area (Å²) in [5.41, 5.74) is 2.16. The minimum atomic E-state index is -3.39. The predicted octanol–water partition coefficient (Wildman–Crippen LogP) is 2.57. The topological polar surface area (TPSA) is 58.2 Å². The van der Waals surface area contributed by atoms with Crippen LogP contribution < -0.4 is 10.0 Å². The maximum atomic E-state index is 12.4. The van der Waals surface area contributed by atoms with Crippen LogP contribution in [0.3, 0.4) is 0 Å². The van der Waals surface area contributed by atoms with E-state index in [4.69, 9.17) is 0 Å². The van der Waals surface area contributed by atoms with Gasteiger partial charge in [-0.1, -0.05) is 25.8 Å². The number of nitrogens with one attached hydrogen (secondary N) is 2. The van der Waals surface area contributed by atoms with Crippen molar-refractivity contribution in [1.29, 1.82) is 0 Å². The second-order valence-electron chi connectivity index (χ2n) is 5.87. The Morgan fingerprint density at radius 1 is 1.24 bits per heavy atom. The van der Waals surface area contributed by atoms with E-state index in [2.05, 4.69) is 10.0 Å². The molecular formula is C16H26N2O2S. The van der Waals surface area contributed by atoms with Crippen molar-refractivity contribution < 1.29 is 8.42 Å². The van der Waals surface area contributed by atoms with Crippen LogP contribution in [0.25, 0.3) is 0 Å². The Labute approximate surface area is 128 Å². The first-order chi connectivity index (χ1) is 10.0. The standard InChI is InChI=1S/C16H26N2O2S/c1-3-17-12-15-10-16(9-8-13(15)2)21(19,20)18-11-14-6-4-5-7-14/h8-10,14,17-18H,3-7,11-12H2,1-2H3. The van der Waals surface area contributed by atoms with Crippen molar-refractivity contribution >= 4 is 10.0 Å². The molecule has 1 aliphatic carbocycles. The van der Waals surface area contributed by atoms with Crippen molar-refractivity contribution in [3.8, 4) is 0 Å². The quantitative estimate of drug-likeness (QED) is 0.814. The summed E-state index contributed by atoms with van der Waals surface area (Å²) in [5.74, 6) is 0.506. The van der Waals surface area contributed by atoms with Crippen LogP contribution >= 0.6 is 0 Å². The molecule has 0 aromatic heterocycles. The van der Waals surface area contributed by atoms with E-state index >= 15 is 0 Å². The lowest BCUT2D eigenvalue weighted by atomic mass is 10.1. The number of hydrogen-bond acceptors (Lipinski definition) is 3. The van der Waals surface area contributed by atoms with E-state index < -0.39 is 10.0 Å². The highest BCUT2D eigenvalue weighted by molar-refractivity contribution is 7.89. The first kappa shape index (κ1) is 16.5. The molecule has 1 aliphatic rings. The maximum absolute atomic E-state index is 12.4. The summed E-state index contributed by atoms with van der Waals surface area (Å²) in [7, 11) is -3.39. The fraction of sp³-hybridized carbons (Fsp3) is 0.625. The van der Waals surface area contributed by atoms with Gasteiger partial charge in [0.25, 0.3) is 0 Å². The predicted molar refractivity (Wildman–Crippen MR) is 85.7 cm³/mol. The third-order valence-corrected chi connectivity index (χ3v) is 5.65. The molecule has 0 spiro atoms. The monoisotopic (exact) mass is 310 g/mol. The Morgan fingerprint density at radius 3 is 2.62 bits per heavy atom.